The van der Waals surface area contributed by atoms with Gasteiger partial charge in [0.05, 0.1) is 17.2 Å². The van der Waals surface area contributed by atoms with Crippen LogP contribution in [-0.2, 0) is 16.1 Å². The van der Waals surface area contributed by atoms with Gasteiger partial charge in [-0.05, 0) is 12.5 Å². The lowest BCUT2D eigenvalue weighted by Gasteiger charge is -2.25. The van der Waals surface area contributed by atoms with Crippen molar-refractivity contribution in [2.45, 2.75) is 25.8 Å². The summed E-state index contributed by atoms with van der Waals surface area (Å²) in [5.74, 6) is 4.81. The second-order valence-electron chi connectivity index (χ2n) is 4.47. The summed E-state index contributed by atoms with van der Waals surface area (Å²) in [4.78, 5) is 34.9. The number of nitro benzene ring substituents is 1. The number of imide groups is 1. The molecule has 106 valence electrons. The number of amides is 2. The molecule has 0 radical (unpaired) electrons. The van der Waals surface area contributed by atoms with Crippen molar-refractivity contribution in [3.05, 3.63) is 33.9 Å². The van der Waals surface area contributed by atoms with Gasteiger partial charge in [-0.1, -0.05) is 0 Å². The van der Waals surface area contributed by atoms with Crippen LogP contribution in [0, 0.1) is 10.1 Å². The number of nitrogens with one attached hydrogen (secondary N) is 1. The summed E-state index contributed by atoms with van der Waals surface area (Å²) in [6.45, 7) is -0.0150. The third-order valence-electron chi connectivity index (χ3n) is 3.17. The Morgan fingerprint density at radius 3 is 2.50 bits per heavy atom. The Hall–Kier alpha value is -2.48. The molecule has 0 saturated carbocycles. The van der Waals surface area contributed by atoms with Crippen molar-refractivity contribution >= 4 is 23.2 Å². The second-order valence-corrected chi connectivity index (χ2v) is 4.47. The third-order valence-corrected chi connectivity index (χ3v) is 3.17. The smallest absolute Gasteiger partial charge is 0.269 e. The monoisotopic (exact) mass is 278 g/mol. The maximum absolute atomic E-state index is 11.7. The summed E-state index contributed by atoms with van der Waals surface area (Å²) < 4.78 is 0. The van der Waals surface area contributed by atoms with E-state index in [2.05, 4.69) is 5.43 Å². The fourth-order valence-electron chi connectivity index (χ4n) is 2.11. The first-order chi connectivity index (χ1) is 9.52. The van der Waals surface area contributed by atoms with E-state index in [1.165, 1.54) is 18.2 Å². The first-order valence-electron chi connectivity index (χ1n) is 6.10. The highest BCUT2D eigenvalue weighted by Gasteiger charge is 2.27. The summed E-state index contributed by atoms with van der Waals surface area (Å²) in [5, 5.41) is 10.8. The lowest BCUT2D eigenvalue weighted by molar-refractivity contribution is -0.384. The van der Waals surface area contributed by atoms with Crippen LogP contribution >= 0.6 is 0 Å². The zero-order valence-electron chi connectivity index (χ0n) is 10.7. The molecule has 1 aliphatic heterocycles. The van der Waals surface area contributed by atoms with Crippen molar-refractivity contribution in [2.75, 3.05) is 5.43 Å². The van der Waals surface area contributed by atoms with Gasteiger partial charge in [0.15, 0.2) is 0 Å². The predicted octanol–water partition coefficient (Wildman–Crippen LogP) is 0.919. The summed E-state index contributed by atoms with van der Waals surface area (Å²) in [7, 11) is 0. The number of nitrogens with zero attached hydrogens (tertiary/aromatic N) is 2. The Balaban J connectivity index is 2.31. The molecule has 1 aliphatic rings. The number of anilines is 1. The van der Waals surface area contributed by atoms with E-state index in [1.54, 1.807) is 0 Å². The normalized spacial score (nSPS) is 15.3. The zero-order valence-corrected chi connectivity index (χ0v) is 10.7. The first kappa shape index (κ1) is 13.9. The highest BCUT2D eigenvalue weighted by Crippen LogP contribution is 2.24. The molecule has 1 fully saturated rings. The van der Waals surface area contributed by atoms with Gasteiger partial charge in [-0.15, -0.1) is 0 Å². The van der Waals surface area contributed by atoms with Crippen LogP contribution in [0.15, 0.2) is 18.2 Å². The molecule has 0 unspecified atom stereocenters. The maximum Gasteiger partial charge on any atom is 0.269 e. The number of carbonyl (C=O) groups excluding carboxylic acids is 2. The van der Waals surface area contributed by atoms with Crippen LogP contribution in [0.3, 0.4) is 0 Å². The van der Waals surface area contributed by atoms with Gasteiger partial charge in [-0.3, -0.25) is 30.4 Å². The molecule has 0 spiro atoms. The number of carbonyl (C=O) groups is 2. The highest BCUT2D eigenvalue weighted by molar-refractivity contribution is 5.97. The molecule has 0 aromatic heterocycles. The van der Waals surface area contributed by atoms with Gasteiger partial charge >= 0.3 is 0 Å². The van der Waals surface area contributed by atoms with Crippen molar-refractivity contribution in [1.29, 1.82) is 0 Å². The molecule has 1 aromatic rings. The Kier molecular flexibility index (Phi) is 3.94. The topological polar surface area (TPSA) is 119 Å². The molecule has 1 aromatic carbocycles. The number of rotatable bonds is 4. The van der Waals surface area contributed by atoms with E-state index in [0.29, 0.717) is 30.5 Å². The number of piperidine rings is 1. The fraction of sp³-hybridized carbons (Fsp3) is 0.333. The molecule has 3 N–H and O–H groups in total. The van der Waals surface area contributed by atoms with Crippen molar-refractivity contribution in [3.63, 3.8) is 0 Å². The molecule has 8 nitrogen and oxygen atoms in total. The van der Waals surface area contributed by atoms with Crippen LogP contribution in [0.5, 0.6) is 0 Å². The molecule has 1 saturated heterocycles. The molecule has 0 bridgehead atoms. The van der Waals surface area contributed by atoms with Gasteiger partial charge in [-0.25, -0.2) is 0 Å². The van der Waals surface area contributed by atoms with Gasteiger partial charge in [0.25, 0.3) is 5.69 Å². The summed E-state index contributed by atoms with van der Waals surface area (Å²) in [6.07, 6.45) is 1.17. The minimum absolute atomic E-state index is 0.0150. The van der Waals surface area contributed by atoms with E-state index in [-0.39, 0.29) is 24.0 Å². The molecule has 0 atom stereocenters. The molecule has 2 rings (SSSR count). The van der Waals surface area contributed by atoms with Crippen molar-refractivity contribution in [3.8, 4) is 0 Å². The average molecular weight is 278 g/mol. The van der Waals surface area contributed by atoms with E-state index in [4.69, 9.17) is 5.84 Å². The quantitative estimate of drug-likeness (QED) is 0.366. The van der Waals surface area contributed by atoms with Gasteiger partial charge in [-0.2, -0.15) is 0 Å². The molecule has 1 heterocycles. The largest absolute Gasteiger partial charge is 0.324 e. The summed E-state index contributed by atoms with van der Waals surface area (Å²) >= 11 is 0. The number of nitrogen functional groups attached to an aromatic ring is 1. The number of benzene rings is 1. The Labute approximate surface area is 114 Å². The van der Waals surface area contributed by atoms with Crippen molar-refractivity contribution < 1.29 is 14.5 Å². The number of non-ortho nitro benzene ring substituents is 1. The predicted molar refractivity (Wildman–Crippen MR) is 70.3 cm³/mol. The fourth-order valence-corrected chi connectivity index (χ4v) is 2.11. The second kappa shape index (κ2) is 5.66. The molecule has 8 heteroatoms. The minimum atomic E-state index is -0.538. The maximum atomic E-state index is 11.7. The highest BCUT2D eigenvalue weighted by atomic mass is 16.6. The molecular weight excluding hydrogens is 264 g/mol. The number of nitro groups is 1. The Morgan fingerprint density at radius 1 is 1.30 bits per heavy atom. The Morgan fingerprint density at radius 2 is 1.95 bits per heavy atom. The number of nitrogens with two attached hydrogens (primary N) is 1. The van der Waals surface area contributed by atoms with Crippen molar-refractivity contribution in [1.82, 2.24) is 4.90 Å². The van der Waals surface area contributed by atoms with E-state index < -0.39 is 4.92 Å². The SMILES string of the molecule is NNc1ccc([N+](=O)[O-])cc1CN1C(=O)CCCC1=O. The zero-order chi connectivity index (χ0) is 14.7. The van der Waals surface area contributed by atoms with Crippen LogP contribution in [0.2, 0.25) is 0 Å². The van der Waals surface area contributed by atoms with Crippen LogP contribution < -0.4 is 11.3 Å². The number of hydrazine groups is 1. The van der Waals surface area contributed by atoms with Gasteiger partial charge in [0.1, 0.15) is 0 Å². The Bertz CT molecular complexity index is 557. The lowest BCUT2D eigenvalue weighted by atomic mass is 10.1. The van der Waals surface area contributed by atoms with Gasteiger partial charge in [0, 0.05) is 30.5 Å². The van der Waals surface area contributed by atoms with Gasteiger partial charge in [0.2, 0.25) is 11.8 Å². The first-order valence-corrected chi connectivity index (χ1v) is 6.10. The van der Waals surface area contributed by atoms with E-state index in [9.17, 15) is 19.7 Å². The van der Waals surface area contributed by atoms with E-state index in [0.717, 1.165) is 4.90 Å². The summed E-state index contributed by atoms with van der Waals surface area (Å²) in [5.41, 5.74) is 3.18. The van der Waals surface area contributed by atoms with Crippen LogP contribution in [-0.4, -0.2) is 21.6 Å². The van der Waals surface area contributed by atoms with Crippen LogP contribution in [0.4, 0.5) is 11.4 Å². The van der Waals surface area contributed by atoms with Gasteiger partial charge < -0.3 is 5.43 Å². The molecular formula is C12H14N4O4. The van der Waals surface area contributed by atoms with Crippen molar-refractivity contribution in [2.24, 2.45) is 5.84 Å². The number of hydrogen-bond donors (Lipinski definition) is 2. The average Bonchev–Trinajstić information content (AvgIpc) is 2.42. The van der Waals surface area contributed by atoms with E-state index >= 15 is 0 Å². The standard InChI is InChI=1S/C12H14N4O4/c13-14-10-5-4-9(16(19)20)6-8(10)7-15-11(17)2-1-3-12(15)18/h4-6,14H,1-3,7,13H2. The van der Waals surface area contributed by atoms with Crippen LogP contribution in [0.1, 0.15) is 24.8 Å². The van der Waals surface area contributed by atoms with E-state index in [1.807, 2.05) is 0 Å². The minimum Gasteiger partial charge on any atom is -0.324 e. The van der Waals surface area contributed by atoms with Crippen LogP contribution in [0.25, 0.3) is 0 Å². The third kappa shape index (κ3) is 2.75. The number of likely N-dealkylation sites (tertiary alicyclic amines) is 1. The molecule has 20 heavy (non-hydrogen) atoms. The molecule has 0 aliphatic carbocycles. The number of hydrogen-bond acceptors (Lipinski definition) is 6. The summed E-state index contributed by atoms with van der Waals surface area (Å²) in [6, 6.07) is 4.06. The lowest BCUT2D eigenvalue weighted by Crippen LogP contribution is -2.39. The molecule has 2 amide bonds.